The molecule has 6 nitrogen and oxygen atoms in total. The van der Waals surface area contributed by atoms with Crippen LogP contribution in [0.15, 0.2) is 0 Å². The van der Waals surface area contributed by atoms with Gasteiger partial charge in [0.15, 0.2) is 0 Å². The summed E-state index contributed by atoms with van der Waals surface area (Å²) in [7, 11) is 4.11. The fourth-order valence-electron chi connectivity index (χ4n) is 2.92. The van der Waals surface area contributed by atoms with E-state index in [1.54, 1.807) is 13.8 Å². The van der Waals surface area contributed by atoms with Gasteiger partial charge in [0.1, 0.15) is 0 Å². The number of amides is 1. The monoisotopic (exact) mass is 329 g/mol. The summed E-state index contributed by atoms with van der Waals surface area (Å²) < 4.78 is 26.3. The Bertz CT molecular complexity index is 560. The Morgan fingerprint density at radius 1 is 1.35 bits per heavy atom. The van der Waals surface area contributed by atoms with E-state index in [2.05, 4.69) is 27.3 Å². The van der Waals surface area contributed by atoms with Crippen LogP contribution in [0.3, 0.4) is 0 Å². The molecule has 1 unspecified atom stereocenters. The van der Waals surface area contributed by atoms with Gasteiger partial charge in [0.2, 0.25) is 5.91 Å². The second-order valence-corrected chi connectivity index (χ2v) is 6.25. The van der Waals surface area contributed by atoms with Gasteiger partial charge in [0.05, 0.1) is 12.1 Å². The minimum atomic E-state index is -2.68. The van der Waals surface area contributed by atoms with E-state index in [4.69, 9.17) is 0 Å². The highest BCUT2D eigenvalue weighted by Crippen LogP contribution is 2.19. The van der Waals surface area contributed by atoms with Crippen LogP contribution < -0.4 is 5.32 Å². The molecule has 0 saturated carbocycles. The minimum absolute atomic E-state index is 0.0800. The number of nitrogens with zero attached hydrogens (tertiary/aromatic N) is 4. The van der Waals surface area contributed by atoms with Gasteiger partial charge in [-0.15, -0.1) is 0 Å². The number of hydrogen-bond acceptors (Lipinski definition) is 4. The quantitative estimate of drug-likeness (QED) is 0.868. The zero-order valence-corrected chi connectivity index (χ0v) is 14.1. The maximum absolute atomic E-state index is 12.8. The van der Waals surface area contributed by atoms with Gasteiger partial charge in [-0.05, 0) is 27.9 Å². The second kappa shape index (κ2) is 7.35. The zero-order chi connectivity index (χ0) is 17.1. The van der Waals surface area contributed by atoms with Crippen molar-refractivity contribution >= 4 is 5.91 Å². The van der Waals surface area contributed by atoms with Crippen molar-refractivity contribution in [2.24, 2.45) is 0 Å². The summed E-state index contributed by atoms with van der Waals surface area (Å²) in [6, 6.07) is 0.267. The van der Waals surface area contributed by atoms with Crippen LogP contribution in [0.5, 0.6) is 0 Å². The molecule has 2 rings (SSSR count). The van der Waals surface area contributed by atoms with E-state index in [1.165, 1.54) is 0 Å². The first kappa shape index (κ1) is 17.8. The van der Waals surface area contributed by atoms with Gasteiger partial charge in [-0.25, -0.2) is 4.68 Å². The van der Waals surface area contributed by atoms with Crippen molar-refractivity contribution in [3.63, 3.8) is 0 Å². The summed E-state index contributed by atoms with van der Waals surface area (Å²) in [5.74, 6) is -0.161. The van der Waals surface area contributed by atoms with E-state index in [-0.39, 0.29) is 18.4 Å². The van der Waals surface area contributed by atoms with Crippen LogP contribution in [0.4, 0.5) is 8.78 Å². The van der Waals surface area contributed by atoms with Crippen LogP contribution in [0.25, 0.3) is 0 Å². The van der Waals surface area contributed by atoms with Gasteiger partial charge in [-0.2, -0.15) is 13.9 Å². The molecule has 8 heteroatoms. The van der Waals surface area contributed by atoms with Crippen LogP contribution in [-0.4, -0.2) is 71.8 Å². The van der Waals surface area contributed by atoms with E-state index in [1.807, 2.05) is 7.05 Å². The third kappa shape index (κ3) is 4.26. The Balaban J connectivity index is 1.92. The van der Waals surface area contributed by atoms with Gasteiger partial charge in [-0.1, -0.05) is 0 Å². The fourth-order valence-corrected chi connectivity index (χ4v) is 2.92. The first-order valence-electron chi connectivity index (χ1n) is 7.77. The van der Waals surface area contributed by atoms with Gasteiger partial charge < -0.3 is 10.2 Å². The molecule has 0 spiro atoms. The topological polar surface area (TPSA) is 53.4 Å². The van der Waals surface area contributed by atoms with Crippen molar-refractivity contribution in [3.05, 3.63) is 17.0 Å². The highest BCUT2D eigenvalue weighted by molar-refractivity contribution is 5.79. The molecular weight excluding hydrogens is 304 g/mol. The van der Waals surface area contributed by atoms with Crippen LogP contribution in [-0.2, 0) is 11.2 Å². The lowest BCUT2D eigenvalue weighted by atomic mass is 10.1. The Kier molecular flexibility index (Phi) is 5.69. The summed E-state index contributed by atoms with van der Waals surface area (Å²) in [6.07, 6.45) is 0.0800. The van der Waals surface area contributed by atoms with Gasteiger partial charge in [-0.3, -0.25) is 9.69 Å². The third-order valence-electron chi connectivity index (χ3n) is 4.51. The highest BCUT2D eigenvalue weighted by atomic mass is 19.3. The Morgan fingerprint density at radius 2 is 2.04 bits per heavy atom. The summed E-state index contributed by atoms with van der Waals surface area (Å²) >= 11 is 0. The van der Waals surface area contributed by atoms with Crippen LogP contribution in [0.2, 0.25) is 0 Å². The smallest absolute Gasteiger partial charge is 0.333 e. The highest BCUT2D eigenvalue weighted by Gasteiger charge is 2.23. The number of carbonyl (C=O) groups is 1. The Morgan fingerprint density at radius 3 is 2.65 bits per heavy atom. The first-order chi connectivity index (χ1) is 10.8. The SMILES string of the molecule is Cc1nn(C(F)F)c(C)c1CC(=O)NCC1CN(C)CCN1C. The number of aromatic nitrogens is 2. The fraction of sp³-hybridized carbons (Fsp3) is 0.733. The van der Waals surface area contributed by atoms with Crippen molar-refractivity contribution < 1.29 is 13.6 Å². The lowest BCUT2D eigenvalue weighted by Crippen LogP contribution is -2.54. The molecule has 1 N–H and O–H groups in total. The van der Waals surface area contributed by atoms with E-state index in [0.29, 0.717) is 28.2 Å². The van der Waals surface area contributed by atoms with Crippen molar-refractivity contribution in [3.8, 4) is 0 Å². The molecule has 0 aliphatic carbocycles. The summed E-state index contributed by atoms with van der Waals surface area (Å²) in [5.41, 5.74) is 1.41. The maximum atomic E-state index is 12.8. The van der Waals surface area contributed by atoms with E-state index < -0.39 is 6.55 Å². The number of hydrogen-bond donors (Lipinski definition) is 1. The number of nitrogens with one attached hydrogen (secondary N) is 1. The molecule has 1 aliphatic heterocycles. The summed E-state index contributed by atoms with van der Waals surface area (Å²) in [6.45, 7) is 3.98. The average Bonchev–Trinajstić information content (AvgIpc) is 2.76. The molecule has 0 aromatic carbocycles. The van der Waals surface area contributed by atoms with Crippen LogP contribution in [0, 0.1) is 13.8 Å². The third-order valence-corrected chi connectivity index (χ3v) is 4.51. The summed E-state index contributed by atoms with van der Waals surface area (Å²) in [4.78, 5) is 16.6. The first-order valence-corrected chi connectivity index (χ1v) is 7.77. The van der Waals surface area contributed by atoms with E-state index in [0.717, 1.165) is 19.6 Å². The molecule has 1 amide bonds. The molecule has 0 bridgehead atoms. The molecule has 1 aromatic rings. The number of piperazine rings is 1. The lowest BCUT2D eigenvalue weighted by Gasteiger charge is -2.37. The Hall–Kier alpha value is -1.54. The van der Waals surface area contributed by atoms with Gasteiger partial charge in [0, 0.05) is 43.5 Å². The van der Waals surface area contributed by atoms with E-state index in [9.17, 15) is 13.6 Å². The predicted molar refractivity (Wildman–Crippen MR) is 83.6 cm³/mol. The second-order valence-electron chi connectivity index (χ2n) is 6.25. The number of rotatable bonds is 5. The predicted octanol–water partition coefficient (Wildman–Crippen LogP) is 0.800. The minimum Gasteiger partial charge on any atom is -0.354 e. The van der Waals surface area contributed by atoms with Gasteiger partial charge in [0.25, 0.3) is 0 Å². The molecule has 1 saturated heterocycles. The molecular formula is C15H25F2N5O. The molecule has 1 atom stereocenters. The molecule has 1 fully saturated rings. The number of likely N-dealkylation sites (N-methyl/N-ethyl adjacent to an activating group) is 2. The van der Waals surface area contributed by atoms with Crippen molar-refractivity contribution in [1.29, 1.82) is 0 Å². The van der Waals surface area contributed by atoms with Crippen molar-refractivity contribution in [1.82, 2.24) is 24.9 Å². The largest absolute Gasteiger partial charge is 0.354 e. The van der Waals surface area contributed by atoms with Crippen molar-refractivity contribution in [2.45, 2.75) is 32.9 Å². The zero-order valence-electron chi connectivity index (χ0n) is 14.1. The van der Waals surface area contributed by atoms with Gasteiger partial charge >= 0.3 is 6.55 Å². The number of halogens is 2. The maximum Gasteiger partial charge on any atom is 0.333 e. The molecule has 2 heterocycles. The average molecular weight is 329 g/mol. The lowest BCUT2D eigenvalue weighted by molar-refractivity contribution is -0.120. The Labute approximate surface area is 135 Å². The standard InChI is InChI=1S/C15H25F2N5O/c1-10-13(11(2)22(19-10)15(16)17)7-14(23)18-8-12-9-20(3)5-6-21(12)4/h12,15H,5-9H2,1-4H3,(H,18,23). The molecule has 130 valence electrons. The summed E-state index contributed by atoms with van der Waals surface area (Å²) in [5, 5.41) is 6.72. The number of alkyl halides is 2. The number of carbonyl (C=O) groups excluding carboxylic acids is 1. The van der Waals surface area contributed by atoms with E-state index >= 15 is 0 Å². The van der Waals surface area contributed by atoms with Crippen LogP contribution >= 0.6 is 0 Å². The molecule has 23 heavy (non-hydrogen) atoms. The van der Waals surface area contributed by atoms with Crippen LogP contribution in [0.1, 0.15) is 23.5 Å². The molecule has 0 radical (unpaired) electrons. The molecule has 1 aliphatic rings. The number of aryl methyl sites for hydroxylation is 1. The normalized spacial score (nSPS) is 20.2. The van der Waals surface area contributed by atoms with Crippen molar-refractivity contribution in [2.75, 3.05) is 40.3 Å². The molecule has 1 aromatic heterocycles.